The second-order valence-electron chi connectivity index (χ2n) is 9.28. The monoisotopic (exact) mass is 653 g/mol. The first kappa shape index (κ1) is 28.6. The van der Waals surface area contributed by atoms with Crippen LogP contribution in [-0.4, -0.2) is 46.7 Å². The van der Waals surface area contributed by atoms with Gasteiger partial charge in [0.2, 0.25) is 0 Å². The van der Waals surface area contributed by atoms with Gasteiger partial charge in [-0.15, -0.1) is 0 Å². The highest BCUT2D eigenvalue weighted by Gasteiger charge is 2.46. The van der Waals surface area contributed by atoms with Crippen molar-refractivity contribution in [3.8, 4) is 17.6 Å². The first-order valence-corrected chi connectivity index (χ1v) is 17.4. The summed E-state index contributed by atoms with van der Waals surface area (Å²) in [7, 11) is -3.83. The van der Waals surface area contributed by atoms with E-state index in [9.17, 15) is 33.5 Å². The van der Waals surface area contributed by atoms with Gasteiger partial charge in [-0.1, -0.05) is 108 Å². The number of hydrogen-bond donors (Lipinski definition) is 2. The lowest BCUT2D eigenvalue weighted by Gasteiger charge is -2.27. The molecule has 3 aliphatic rings. The van der Waals surface area contributed by atoms with E-state index < -0.39 is 26.6 Å². The average Bonchev–Trinajstić information content (AvgIpc) is 3.65. The van der Waals surface area contributed by atoms with Crippen LogP contribution in [0.2, 0.25) is 0 Å². The molecule has 212 valence electrons. The average molecular weight is 654 g/mol. The van der Waals surface area contributed by atoms with Gasteiger partial charge in [0.15, 0.2) is 14.7 Å². The summed E-state index contributed by atoms with van der Waals surface area (Å²) in [4.78, 5) is 28.1. The molecule has 3 aliphatic heterocycles. The van der Waals surface area contributed by atoms with Crippen molar-refractivity contribution >= 4 is 68.7 Å². The Morgan fingerprint density at radius 1 is 0.762 bits per heavy atom. The first-order valence-electron chi connectivity index (χ1n) is 12.2. The number of rotatable bonds is 5. The fourth-order valence-electron chi connectivity index (χ4n) is 4.47. The van der Waals surface area contributed by atoms with Crippen molar-refractivity contribution in [1.82, 2.24) is 10.0 Å². The fraction of sp³-hybridized carbons (Fsp3) is 0.107. The fourth-order valence-corrected chi connectivity index (χ4v) is 11.2. The molecule has 0 radical (unpaired) electrons. The van der Waals surface area contributed by atoms with Crippen LogP contribution in [0, 0.1) is 11.3 Å². The van der Waals surface area contributed by atoms with Gasteiger partial charge in [0.25, 0.3) is 11.8 Å². The van der Waals surface area contributed by atoms with E-state index in [-0.39, 0.29) is 54.0 Å². The molecule has 0 saturated carbocycles. The number of fused-ring (bicyclic) bond motifs is 2. The van der Waals surface area contributed by atoms with Gasteiger partial charge in [-0.2, -0.15) is 5.26 Å². The van der Waals surface area contributed by atoms with Gasteiger partial charge in [-0.3, -0.25) is 9.59 Å². The third kappa shape index (κ3) is 4.95. The van der Waals surface area contributed by atoms with Gasteiger partial charge in [-0.05, 0) is 11.1 Å². The van der Waals surface area contributed by atoms with E-state index in [1.807, 2.05) is 60.7 Å². The number of carbonyl (C=O) groups is 2. The van der Waals surface area contributed by atoms with Crippen molar-refractivity contribution in [1.29, 1.82) is 5.26 Å². The lowest BCUT2D eigenvalue weighted by atomic mass is 10.2. The number of phenolic OH excluding ortho intramolecular Hbond substituents is 2. The third-order valence-corrected chi connectivity index (χ3v) is 13.0. The molecule has 2 amide bonds. The van der Waals surface area contributed by atoms with Crippen LogP contribution in [-0.2, 0) is 32.5 Å². The number of hydrogen-bond acceptors (Lipinski definition) is 11. The number of thioether (sulfide) groups is 4. The highest BCUT2D eigenvalue weighted by atomic mass is 32.2. The SMILES string of the molecule is CS(=O)(=O)C(C#N)=C1Sc2c(O)c3c(c(O)c2S1)SC(=C1C(=O)N(Cc2ccccc2)N(Cc2ccccc2)C1=O)S3. The van der Waals surface area contributed by atoms with Gasteiger partial charge in [-0.25, -0.2) is 18.4 Å². The summed E-state index contributed by atoms with van der Waals surface area (Å²) in [6.07, 6.45) is 0.921. The zero-order valence-corrected chi connectivity index (χ0v) is 25.7. The largest absolute Gasteiger partial charge is 0.505 e. The van der Waals surface area contributed by atoms with E-state index >= 15 is 0 Å². The number of amides is 2. The Morgan fingerprint density at radius 3 is 1.55 bits per heavy atom. The molecule has 0 spiro atoms. The number of hydrazine groups is 1. The lowest BCUT2D eigenvalue weighted by molar-refractivity contribution is -0.149. The van der Waals surface area contributed by atoms with Gasteiger partial charge in [0.05, 0.1) is 41.1 Å². The maximum absolute atomic E-state index is 13.8. The minimum Gasteiger partial charge on any atom is -0.505 e. The third-order valence-electron chi connectivity index (χ3n) is 6.45. The standard InChI is InChI=1S/C28H19N3O6S5/c1-42(36,37)17(12-29)27-38-21-19(32)23-24(20(33)22(21)39-27)41-28(40-23)18-25(34)30(13-15-8-4-2-5-9-15)31(26(18)35)14-16-10-6-3-7-11-16/h2-11,32-33H,13-14H2,1H3. The van der Waals surface area contributed by atoms with E-state index in [4.69, 9.17) is 0 Å². The second kappa shape index (κ2) is 11.0. The van der Waals surface area contributed by atoms with Gasteiger partial charge >= 0.3 is 0 Å². The molecule has 3 aromatic rings. The first-order chi connectivity index (χ1) is 20.1. The molecule has 0 bridgehead atoms. The van der Waals surface area contributed by atoms with E-state index in [1.54, 1.807) is 6.07 Å². The summed E-state index contributed by atoms with van der Waals surface area (Å²) in [5.74, 6) is -1.42. The number of aromatic hydroxyl groups is 2. The van der Waals surface area contributed by atoms with E-state index in [2.05, 4.69) is 0 Å². The summed E-state index contributed by atoms with van der Waals surface area (Å²) < 4.78 is 24.6. The zero-order chi connectivity index (χ0) is 29.8. The predicted octanol–water partition coefficient (Wildman–Crippen LogP) is 5.43. The Balaban J connectivity index is 1.38. The molecule has 2 N–H and O–H groups in total. The van der Waals surface area contributed by atoms with Gasteiger partial charge < -0.3 is 10.2 Å². The van der Waals surface area contributed by atoms with Crippen molar-refractivity contribution in [2.24, 2.45) is 0 Å². The minimum atomic E-state index is -3.83. The molecule has 0 atom stereocenters. The molecule has 42 heavy (non-hydrogen) atoms. The van der Waals surface area contributed by atoms with Crippen LogP contribution in [0.5, 0.6) is 11.5 Å². The molecule has 14 heteroatoms. The van der Waals surface area contributed by atoms with Crippen LogP contribution in [0.3, 0.4) is 0 Å². The molecule has 1 saturated heterocycles. The van der Waals surface area contributed by atoms with Gasteiger partial charge in [0, 0.05) is 6.26 Å². The topological polar surface area (TPSA) is 139 Å². The van der Waals surface area contributed by atoms with Crippen molar-refractivity contribution in [3.05, 3.63) is 90.7 Å². The maximum atomic E-state index is 13.8. The smallest absolute Gasteiger partial charge is 0.280 e. The molecular formula is C28H19N3O6S5. The molecule has 6 rings (SSSR count). The Kier molecular flexibility index (Phi) is 7.48. The summed E-state index contributed by atoms with van der Waals surface area (Å²) in [5, 5.41) is 34.6. The van der Waals surface area contributed by atoms with Crippen LogP contribution < -0.4 is 0 Å². The quantitative estimate of drug-likeness (QED) is 0.158. The van der Waals surface area contributed by atoms with Crippen molar-refractivity contribution in [2.75, 3.05) is 6.26 Å². The molecular weight excluding hydrogens is 635 g/mol. The Bertz CT molecular complexity index is 1780. The van der Waals surface area contributed by atoms with Crippen LogP contribution in [0.1, 0.15) is 11.1 Å². The number of carbonyl (C=O) groups excluding carboxylic acids is 2. The number of sulfone groups is 1. The van der Waals surface area contributed by atoms with E-state index in [0.29, 0.717) is 4.24 Å². The van der Waals surface area contributed by atoms with Crippen LogP contribution in [0.15, 0.2) is 99.2 Å². The maximum Gasteiger partial charge on any atom is 0.280 e. The number of nitrogens with zero attached hydrogens (tertiary/aromatic N) is 3. The second-order valence-corrected chi connectivity index (χ2v) is 15.8. The van der Waals surface area contributed by atoms with Crippen LogP contribution in [0.25, 0.3) is 0 Å². The Morgan fingerprint density at radius 2 is 1.17 bits per heavy atom. The molecule has 0 aliphatic carbocycles. The summed E-state index contributed by atoms with van der Waals surface area (Å²) in [6.45, 7) is 0.345. The minimum absolute atomic E-state index is 0.0586. The lowest BCUT2D eigenvalue weighted by Crippen LogP contribution is -2.39. The van der Waals surface area contributed by atoms with E-state index in [0.717, 1.165) is 64.4 Å². The number of nitriles is 1. The Labute approximate surface area is 258 Å². The number of allylic oxidation sites excluding steroid dienone is 1. The molecule has 0 unspecified atom stereocenters. The normalized spacial score (nSPS) is 16.2. The molecule has 3 heterocycles. The summed E-state index contributed by atoms with van der Waals surface area (Å²) >= 11 is 3.77. The highest BCUT2D eigenvalue weighted by molar-refractivity contribution is 8.26. The number of benzene rings is 3. The van der Waals surface area contributed by atoms with Crippen LogP contribution in [0.4, 0.5) is 0 Å². The van der Waals surface area contributed by atoms with Crippen molar-refractivity contribution in [2.45, 2.75) is 32.7 Å². The molecule has 3 aromatic carbocycles. The molecule has 0 aromatic heterocycles. The van der Waals surface area contributed by atoms with E-state index in [1.165, 1.54) is 10.0 Å². The highest BCUT2D eigenvalue weighted by Crippen LogP contribution is 2.68. The molecule has 9 nitrogen and oxygen atoms in total. The molecule has 1 fully saturated rings. The van der Waals surface area contributed by atoms with Gasteiger partial charge in [0.1, 0.15) is 23.1 Å². The van der Waals surface area contributed by atoms with Crippen molar-refractivity contribution < 1.29 is 28.2 Å². The summed E-state index contributed by atoms with van der Waals surface area (Å²) in [6, 6.07) is 20.3. The number of phenols is 2. The Hall–Kier alpha value is -3.48. The van der Waals surface area contributed by atoms with Crippen LogP contribution >= 0.6 is 47.0 Å². The van der Waals surface area contributed by atoms with Crippen molar-refractivity contribution in [3.63, 3.8) is 0 Å². The predicted molar refractivity (Wildman–Crippen MR) is 162 cm³/mol. The zero-order valence-electron chi connectivity index (χ0n) is 21.6. The summed E-state index contributed by atoms with van der Waals surface area (Å²) in [5.41, 5.74) is 1.62.